The molecule has 2 atom stereocenters. The summed E-state index contributed by atoms with van der Waals surface area (Å²) in [6, 6.07) is 5.16. The Morgan fingerprint density at radius 2 is 2.10 bits per heavy atom. The molecule has 5 nitrogen and oxygen atoms in total. The lowest BCUT2D eigenvalue weighted by Gasteiger charge is -2.51. The molecule has 1 fully saturated rings. The molecule has 2 rings (SSSR count). The van der Waals surface area contributed by atoms with Gasteiger partial charge in [-0.1, -0.05) is 13.8 Å². The number of nitrogen functional groups attached to an aromatic ring is 1. The Labute approximate surface area is 119 Å². The van der Waals surface area contributed by atoms with Crippen LogP contribution in [-0.4, -0.2) is 32.3 Å². The van der Waals surface area contributed by atoms with Crippen LogP contribution in [0.5, 0.6) is 5.75 Å². The third kappa shape index (κ3) is 2.45. The van der Waals surface area contributed by atoms with E-state index in [0.717, 1.165) is 6.42 Å². The molecule has 2 unspecified atom stereocenters. The van der Waals surface area contributed by atoms with E-state index in [1.165, 1.54) is 0 Å². The van der Waals surface area contributed by atoms with Crippen molar-refractivity contribution in [2.75, 3.05) is 20.0 Å². The van der Waals surface area contributed by atoms with Crippen LogP contribution in [0.25, 0.3) is 0 Å². The van der Waals surface area contributed by atoms with Gasteiger partial charge in [0.1, 0.15) is 5.75 Å². The number of benzene rings is 1. The Balaban J connectivity index is 2.05. The van der Waals surface area contributed by atoms with Crippen LogP contribution in [0, 0.1) is 5.41 Å². The minimum absolute atomic E-state index is 0.0531. The Bertz CT molecular complexity index is 514. The molecule has 1 aromatic carbocycles. The molecule has 0 spiro atoms. The predicted molar refractivity (Wildman–Crippen MR) is 77.9 cm³/mol. The van der Waals surface area contributed by atoms with Crippen molar-refractivity contribution in [2.45, 2.75) is 32.4 Å². The minimum Gasteiger partial charge on any atom is -0.495 e. The van der Waals surface area contributed by atoms with Gasteiger partial charge in [-0.05, 0) is 24.6 Å². The van der Waals surface area contributed by atoms with Crippen molar-refractivity contribution >= 4 is 11.6 Å². The normalized spacial score (nSPS) is 23.8. The second-order valence-corrected chi connectivity index (χ2v) is 5.76. The van der Waals surface area contributed by atoms with Gasteiger partial charge in [0, 0.05) is 24.1 Å². The highest BCUT2D eigenvalue weighted by Gasteiger charge is 2.49. The molecule has 0 heterocycles. The van der Waals surface area contributed by atoms with E-state index < -0.39 is 0 Å². The first-order valence-electron chi connectivity index (χ1n) is 6.67. The smallest absolute Gasteiger partial charge is 0.251 e. The van der Waals surface area contributed by atoms with Crippen LogP contribution in [0.15, 0.2) is 18.2 Å². The van der Waals surface area contributed by atoms with Gasteiger partial charge in [0.05, 0.1) is 18.9 Å². The largest absolute Gasteiger partial charge is 0.495 e. The number of amides is 1. The van der Waals surface area contributed by atoms with Gasteiger partial charge in [0.25, 0.3) is 5.91 Å². The Morgan fingerprint density at radius 3 is 2.60 bits per heavy atom. The van der Waals surface area contributed by atoms with Crippen LogP contribution < -0.4 is 15.8 Å². The number of nitrogens with one attached hydrogen (secondary N) is 1. The van der Waals surface area contributed by atoms with Gasteiger partial charge < -0.3 is 20.5 Å². The van der Waals surface area contributed by atoms with E-state index in [2.05, 4.69) is 19.2 Å². The van der Waals surface area contributed by atoms with E-state index in [1.807, 2.05) is 0 Å². The quantitative estimate of drug-likeness (QED) is 0.824. The molecule has 3 N–H and O–H groups in total. The maximum Gasteiger partial charge on any atom is 0.251 e. The molecule has 1 amide bonds. The standard InChI is InChI=1S/C15H22N2O3/c1-15(2)12(8-13(15)20-4)17-14(18)9-5-6-11(19-3)10(16)7-9/h5-7,12-13H,8,16H2,1-4H3,(H,17,18). The number of anilines is 1. The summed E-state index contributed by atoms with van der Waals surface area (Å²) in [7, 11) is 3.25. The second-order valence-electron chi connectivity index (χ2n) is 5.76. The number of carbonyl (C=O) groups excluding carboxylic acids is 1. The average molecular weight is 278 g/mol. The fourth-order valence-electron chi connectivity index (χ4n) is 2.65. The number of methoxy groups -OCH3 is 2. The van der Waals surface area contributed by atoms with Crippen LogP contribution in [0.2, 0.25) is 0 Å². The van der Waals surface area contributed by atoms with E-state index in [-0.39, 0.29) is 23.5 Å². The molecule has 0 bridgehead atoms. The first-order valence-corrected chi connectivity index (χ1v) is 6.67. The van der Waals surface area contributed by atoms with Gasteiger partial charge in [-0.2, -0.15) is 0 Å². The van der Waals surface area contributed by atoms with E-state index in [4.69, 9.17) is 15.2 Å². The Hall–Kier alpha value is -1.75. The third-order valence-corrected chi connectivity index (χ3v) is 4.26. The lowest BCUT2D eigenvalue weighted by Crippen LogP contribution is -2.61. The SMILES string of the molecule is COc1ccc(C(=O)NC2CC(OC)C2(C)C)cc1N. The summed E-state index contributed by atoms with van der Waals surface area (Å²) in [6.45, 7) is 4.19. The first kappa shape index (κ1) is 14.7. The molecule has 1 saturated carbocycles. The maximum absolute atomic E-state index is 12.2. The van der Waals surface area contributed by atoms with Gasteiger partial charge in [0.15, 0.2) is 0 Å². The zero-order valence-electron chi connectivity index (χ0n) is 12.4. The van der Waals surface area contributed by atoms with Crippen molar-refractivity contribution in [1.29, 1.82) is 0 Å². The summed E-state index contributed by atoms with van der Waals surface area (Å²) >= 11 is 0. The van der Waals surface area contributed by atoms with Crippen LogP contribution in [-0.2, 0) is 4.74 Å². The zero-order chi connectivity index (χ0) is 14.9. The number of nitrogens with two attached hydrogens (primary N) is 1. The molecule has 1 aromatic rings. The molecule has 20 heavy (non-hydrogen) atoms. The van der Waals surface area contributed by atoms with Crippen molar-refractivity contribution < 1.29 is 14.3 Å². The highest BCUT2D eigenvalue weighted by Crippen LogP contribution is 2.42. The zero-order valence-corrected chi connectivity index (χ0v) is 12.4. The molecule has 0 saturated heterocycles. The lowest BCUT2D eigenvalue weighted by molar-refractivity contribution is -0.0942. The van der Waals surface area contributed by atoms with Crippen molar-refractivity contribution in [1.82, 2.24) is 5.32 Å². The second kappa shape index (κ2) is 5.32. The summed E-state index contributed by atoms with van der Waals surface area (Å²) in [5.74, 6) is 0.456. The van der Waals surface area contributed by atoms with Crippen LogP contribution in [0.4, 0.5) is 5.69 Å². The molecule has 1 aliphatic rings. The Kier molecular flexibility index (Phi) is 3.90. The van der Waals surface area contributed by atoms with Crippen molar-refractivity contribution in [3.05, 3.63) is 23.8 Å². The molecule has 110 valence electrons. The van der Waals surface area contributed by atoms with E-state index in [9.17, 15) is 4.79 Å². The van der Waals surface area contributed by atoms with Crippen LogP contribution >= 0.6 is 0 Å². The lowest BCUT2D eigenvalue weighted by atomic mass is 9.64. The molecule has 5 heteroatoms. The Morgan fingerprint density at radius 1 is 1.40 bits per heavy atom. The third-order valence-electron chi connectivity index (χ3n) is 4.26. The molecule has 1 aliphatic carbocycles. The number of carbonyl (C=O) groups is 1. The molecule has 0 aliphatic heterocycles. The van der Waals surface area contributed by atoms with Gasteiger partial charge in [0.2, 0.25) is 0 Å². The monoisotopic (exact) mass is 278 g/mol. The highest BCUT2D eigenvalue weighted by atomic mass is 16.5. The summed E-state index contributed by atoms with van der Waals surface area (Å²) in [6.07, 6.45) is 1.02. The van der Waals surface area contributed by atoms with E-state index in [1.54, 1.807) is 32.4 Å². The van der Waals surface area contributed by atoms with Crippen LogP contribution in [0.1, 0.15) is 30.6 Å². The van der Waals surface area contributed by atoms with Gasteiger partial charge in [-0.3, -0.25) is 4.79 Å². The molecule has 0 aromatic heterocycles. The van der Waals surface area contributed by atoms with Crippen LogP contribution in [0.3, 0.4) is 0 Å². The number of hydrogen-bond donors (Lipinski definition) is 2. The van der Waals surface area contributed by atoms with Crippen molar-refractivity contribution in [3.63, 3.8) is 0 Å². The van der Waals surface area contributed by atoms with Gasteiger partial charge in [-0.15, -0.1) is 0 Å². The maximum atomic E-state index is 12.2. The summed E-state index contributed by atoms with van der Waals surface area (Å²) in [4.78, 5) is 12.2. The topological polar surface area (TPSA) is 73.6 Å². The van der Waals surface area contributed by atoms with Crippen molar-refractivity contribution in [2.24, 2.45) is 5.41 Å². The predicted octanol–water partition coefficient (Wildman–Crippen LogP) is 1.82. The molecular formula is C15H22N2O3. The summed E-state index contributed by atoms with van der Waals surface area (Å²) < 4.78 is 10.5. The fraction of sp³-hybridized carbons (Fsp3) is 0.533. The molecular weight excluding hydrogens is 256 g/mol. The first-order chi connectivity index (χ1) is 9.40. The highest BCUT2D eigenvalue weighted by molar-refractivity contribution is 5.95. The van der Waals surface area contributed by atoms with Crippen molar-refractivity contribution in [3.8, 4) is 5.75 Å². The van der Waals surface area contributed by atoms with Gasteiger partial charge in [-0.25, -0.2) is 0 Å². The number of rotatable bonds is 4. The number of hydrogen-bond acceptors (Lipinski definition) is 4. The summed E-state index contributed by atoms with van der Waals surface area (Å²) in [5.41, 5.74) is 6.77. The average Bonchev–Trinajstić information content (AvgIpc) is 2.42. The fourth-order valence-corrected chi connectivity index (χ4v) is 2.65. The van der Waals surface area contributed by atoms with Gasteiger partial charge >= 0.3 is 0 Å². The number of ether oxygens (including phenoxy) is 2. The van der Waals surface area contributed by atoms with E-state index in [0.29, 0.717) is 17.0 Å². The summed E-state index contributed by atoms with van der Waals surface area (Å²) in [5, 5.41) is 3.04. The van der Waals surface area contributed by atoms with E-state index >= 15 is 0 Å². The minimum atomic E-state index is -0.119. The molecule has 0 radical (unpaired) electrons.